The summed E-state index contributed by atoms with van der Waals surface area (Å²) in [5, 5.41) is 0. The summed E-state index contributed by atoms with van der Waals surface area (Å²) in [7, 11) is 0. The molecule has 0 N–H and O–H groups in total. The highest BCUT2D eigenvalue weighted by Gasteiger charge is 2.64. The Balaban J connectivity index is 1.57. The van der Waals surface area contributed by atoms with E-state index in [-0.39, 0.29) is 23.6 Å². The lowest BCUT2D eigenvalue weighted by molar-refractivity contribution is -0.123. The maximum absolute atomic E-state index is 13.5. The average molecular weight is 388 g/mol. The van der Waals surface area contributed by atoms with Crippen molar-refractivity contribution in [1.82, 2.24) is 4.90 Å². The van der Waals surface area contributed by atoms with Crippen LogP contribution in [0.15, 0.2) is 48.5 Å². The molecule has 4 atom stereocenters. The molecule has 5 heteroatoms. The van der Waals surface area contributed by atoms with E-state index >= 15 is 0 Å². The largest absolute Gasteiger partial charge is 0.292 e. The third-order valence-electron chi connectivity index (χ3n) is 6.64. The highest BCUT2D eigenvalue weighted by molar-refractivity contribution is 6.24. The second kappa shape index (κ2) is 6.63. The number of benzene rings is 2. The number of rotatable bonds is 3. The van der Waals surface area contributed by atoms with Gasteiger partial charge in [0.05, 0.1) is 23.6 Å². The summed E-state index contributed by atoms with van der Waals surface area (Å²) in [6, 6.07) is 14.3. The summed E-state index contributed by atoms with van der Waals surface area (Å²) in [4.78, 5) is 43.8. The van der Waals surface area contributed by atoms with Crippen LogP contribution >= 0.6 is 0 Å². The number of fused-ring (bicyclic) bond motifs is 3. The SMILES string of the molecule is Cc1cc(C)cc(N2C(=O)[C@@H]3[C@H](C2=O)[C@@H](C(=O)c2ccccc2)N2CCC[C@@H]32)c1. The molecule has 2 aromatic rings. The molecule has 2 amide bonds. The van der Waals surface area contributed by atoms with Crippen LogP contribution in [0.1, 0.15) is 34.3 Å². The Hall–Kier alpha value is -2.79. The van der Waals surface area contributed by atoms with Crippen LogP contribution in [-0.2, 0) is 9.59 Å². The molecular weight excluding hydrogens is 364 g/mol. The normalized spacial score (nSPS) is 28.7. The Morgan fingerprint density at radius 3 is 2.28 bits per heavy atom. The van der Waals surface area contributed by atoms with Gasteiger partial charge in [0.2, 0.25) is 11.8 Å². The Bertz CT molecular complexity index is 996. The third kappa shape index (κ3) is 2.68. The minimum atomic E-state index is -0.596. The predicted octanol–water partition coefficient (Wildman–Crippen LogP) is 3.14. The molecule has 5 rings (SSSR count). The van der Waals surface area contributed by atoms with Gasteiger partial charge in [0.1, 0.15) is 0 Å². The summed E-state index contributed by atoms with van der Waals surface area (Å²) in [6.07, 6.45) is 1.82. The molecular formula is C24H24N2O3. The summed E-state index contributed by atoms with van der Waals surface area (Å²) in [5.74, 6) is -1.45. The summed E-state index contributed by atoms with van der Waals surface area (Å²) >= 11 is 0. The zero-order valence-electron chi connectivity index (χ0n) is 16.7. The monoisotopic (exact) mass is 388 g/mol. The number of anilines is 1. The Morgan fingerprint density at radius 2 is 1.59 bits per heavy atom. The van der Waals surface area contributed by atoms with E-state index < -0.39 is 17.9 Å². The van der Waals surface area contributed by atoms with Gasteiger partial charge in [-0.2, -0.15) is 0 Å². The molecule has 3 aliphatic heterocycles. The number of Topliss-reactive ketones (excluding diaryl/α,β-unsaturated/α-hetero) is 1. The minimum absolute atomic E-state index is 0.0231. The zero-order valence-corrected chi connectivity index (χ0v) is 16.7. The standard InChI is InChI=1S/C24H24N2O3/c1-14-11-15(2)13-17(12-14)26-23(28)19-18-9-6-10-25(18)21(20(19)24(26)29)22(27)16-7-4-3-5-8-16/h3-5,7-8,11-13,18-21H,6,9-10H2,1-2H3/t18-,19-,20-,21-/m0/s1. The van der Waals surface area contributed by atoms with Crippen molar-refractivity contribution >= 4 is 23.3 Å². The van der Waals surface area contributed by atoms with Crippen LogP contribution in [-0.4, -0.2) is 41.1 Å². The van der Waals surface area contributed by atoms with Crippen molar-refractivity contribution in [2.45, 2.75) is 38.8 Å². The lowest BCUT2D eigenvalue weighted by Gasteiger charge is -2.27. The second-order valence-corrected chi connectivity index (χ2v) is 8.53. The number of hydrogen-bond donors (Lipinski definition) is 0. The van der Waals surface area contributed by atoms with E-state index in [1.807, 2.05) is 50.2 Å². The predicted molar refractivity (Wildman–Crippen MR) is 110 cm³/mol. The summed E-state index contributed by atoms with van der Waals surface area (Å²) in [6.45, 7) is 4.69. The molecule has 0 unspecified atom stereocenters. The zero-order chi connectivity index (χ0) is 20.3. The van der Waals surface area contributed by atoms with Crippen molar-refractivity contribution in [2.75, 3.05) is 11.4 Å². The molecule has 3 aliphatic rings. The molecule has 3 heterocycles. The van der Waals surface area contributed by atoms with E-state index in [1.165, 1.54) is 4.90 Å². The van der Waals surface area contributed by atoms with E-state index in [1.54, 1.807) is 12.1 Å². The molecule has 5 nitrogen and oxygen atoms in total. The Labute approximate surface area is 170 Å². The lowest BCUT2D eigenvalue weighted by Crippen LogP contribution is -2.46. The molecule has 3 saturated heterocycles. The highest BCUT2D eigenvalue weighted by atomic mass is 16.2. The van der Waals surface area contributed by atoms with Gasteiger partial charge in [-0.3, -0.25) is 19.3 Å². The molecule has 0 spiro atoms. The molecule has 0 aliphatic carbocycles. The first kappa shape index (κ1) is 18.3. The number of carbonyl (C=O) groups is 3. The van der Waals surface area contributed by atoms with E-state index in [4.69, 9.17) is 0 Å². The maximum Gasteiger partial charge on any atom is 0.239 e. The molecule has 0 saturated carbocycles. The highest BCUT2D eigenvalue weighted by Crippen LogP contribution is 2.48. The fraction of sp³-hybridized carbons (Fsp3) is 0.375. The number of carbonyl (C=O) groups excluding carboxylic acids is 3. The first-order valence-electron chi connectivity index (χ1n) is 10.3. The maximum atomic E-state index is 13.5. The fourth-order valence-electron chi connectivity index (χ4n) is 5.62. The smallest absolute Gasteiger partial charge is 0.239 e. The van der Waals surface area contributed by atoms with E-state index in [9.17, 15) is 14.4 Å². The van der Waals surface area contributed by atoms with E-state index in [2.05, 4.69) is 4.90 Å². The number of hydrogen-bond acceptors (Lipinski definition) is 4. The molecule has 29 heavy (non-hydrogen) atoms. The number of ketones is 1. The van der Waals surface area contributed by atoms with Crippen molar-refractivity contribution in [3.63, 3.8) is 0 Å². The van der Waals surface area contributed by atoms with Gasteiger partial charge in [-0.05, 0) is 56.5 Å². The second-order valence-electron chi connectivity index (χ2n) is 8.53. The molecule has 2 aromatic carbocycles. The Kier molecular flexibility index (Phi) is 4.17. The van der Waals surface area contributed by atoms with Gasteiger partial charge in [0, 0.05) is 11.6 Å². The number of nitrogens with zero attached hydrogens (tertiary/aromatic N) is 2. The van der Waals surface area contributed by atoms with Gasteiger partial charge in [-0.1, -0.05) is 36.4 Å². The van der Waals surface area contributed by atoms with Gasteiger partial charge >= 0.3 is 0 Å². The fourth-order valence-corrected chi connectivity index (χ4v) is 5.62. The lowest BCUT2D eigenvalue weighted by atomic mass is 9.85. The van der Waals surface area contributed by atoms with Crippen molar-refractivity contribution in [3.05, 3.63) is 65.2 Å². The van der Waals surface area contributed by atoms with Crippen LogP contribution in [0.25, 0.3) is 0 Å². The van der Waals surface area contributed by atoms with E-state index in [0.29, 0.717) is 11.3 Å². The van der Waals surface area contributed by atoms with Gasteiger partial charge in [0.15, 0.2) is 5.78 Å². The van der Waals surface area contributed by atoms with Crippen LogP contribution in [0.4, 0.5) is 5.69 Å². The topological polar surface area (TPSA) is 57.7 Å². The van der Waals surface area contributed by atoms with Crippen LogP contribution in [0.2, 0.25) is 0 Å². The van der Waals surface area contributed by atoms with Gasteiger partial charge in [-0.25, -0.2) is 4.90 Å². The number of imide groups is 1. The molecule has 0 aromatic heterocycles. The van der Waals surface area contributed by atoms with Crippen molar-refractivity contribution in [1.29, 1.82) is 0 Å². The summed E-state index contributed by atoms with van der Waals surface area (Å²) < 4.78 is 0. The number of amides is 2. The molecule has 0 bridgehead atoms. The van der Waals surface area contributed by atoms with Crippen molar-refractivity contribution in [2.24, 2.45) is 11.8 Å². The molecule has 148 valence electrons. The Morgan fingerprint density at radius 1 is 0.931 bits per heavy atom. The van der Waals surface area contributed by atoms with Crippen molar-refractivity contribution in [3.8, 4) is 0 Å². The molecule has 3 fully saturated rings. The van der Waals surface area contributed by atoms with Crippen LogP contribution < -0.4 is 4.90 Å². The van der Waals surface area contributed by atoms with Crippen LogP contribution in [0.3, 0.4) is 0 Å². The van der Waals surface area contributed by atoms with Crippen LogP contribution in [0.5, 0.6) is 0 Å². The number of aryl methyl sites for hydroxylation is 2. The van der Waals surface area contributed by atoms with E-state index in [0.717, 1.165) is 30.5 Å². The van der Waals surface area contributed by atoms with Crippen LogP contribution in [0, 0.1) is 25.7 Å². The first-order valence-corrected chi connectivity index (χ1v) is 10.3. The third-order valence-corrected chi connectivity index (χ3v) is 6.64. The van der Waals surface area contributed by atoms with Gasteiger partial charge < -0.3 is 0 Å². The van der Waals surface area contributed by atoms with Gasteiger partial charge in [0.25, 0.3) is 0 Å². The average Bonchev–Trinajstić information content (AvgIpc) is 3.33. The first-order chi connectivity index (χ1) is 14.0. The summed E-state index contributed by atoms with van der Waals surface area (Å²) in [5.41, 5.74) is 3.25. The van der Waals surface area contributed by atoms with Gasteiger partial charge in [-0.15, -0.1) is 0 Å². The van der Waals surface area contributed by atoms with Crippen molar-refractivity contribution < 1.29 is 14.4 Å². The minimum Gasteiger partial charge on any atom is -0.292 e. The quantitative estimate of drug-likeness (QED) is 0.599. The molecule has 0 radical (unpaired) electrons.